The fourth-order valence-corrected chi connectivity index (χ4v) is 5.63. The molecule has 2 aliphatic rings. The molecule has 4 rings (SSSR count). The van der Waals surface area contributed by atoms with Crippen LogP contribution in [-0.4, -0.2) is 69.0 Å². The molecule has 1 aliphatic heterocycles. The van der Waals surface area contributed by atoms with Crippen molar-refractivity contribution in [3.63, 3.8) is 0 Å². The van der Waals surface area contributed by atoms with Gasteiger partial charge in [0.05, 0.1) is 12.0 Å². The Morgan fingerprint density at radius 2 is 1.82 bits per heavy atom. The quantitative estimate of drug-likeness (QED) is 0.450. The van der Waals surface area contributed by atoms with Crippen LogP contribution in [0.3, 0.4) is 0 Å². The highest BCUT2D eigenvalue weighted by atomic mass is 79.9. The summed E-state index contributed by atoms with van der Waals surface area (Å²) < 4.78 is 0.608. The number of carbonyl (C=O) groups excluding carboxylic acids is 3. The zero-order valence-corrected chi connectivity index (χ0v) is 22.8. The molecule has 2 unspecified atom stereocenters. The van der Waals surface area contributed by atoms with Crippen LogP contribution in [0, 0.1) is 12.8 Å². The number of carboxylic acid groups (broad SMARTS) is 1. The number of aromatic nitrogens is 1. The molecule has 202 valence electrons. The number of anilines is 1. The first kappa shape index (κ1) is 27.6. The zero-order valence-electron chi connectivity index (χ0n) is 21.2. The number of aliphatic carboxylic acids is 1. The summed E-state index contributed by atoms with van der Waals surface area (Å²) in [7, 11) is 0. The van der Waals surface area contributed by atoms with Crippen molar-refractivity contribution >= 4 is 45.4 Å². The van der Waals surface area contributed by atoms with Gasteiger partial charge in [0.1, 0.15) is 0 Å². The summed E-state index contributed by atoms with van der Waals surface area (Å²) in [6.45, 7) is 2.18. The number of rotatable bonds is 7. The fourth-order valence-electron chi connectivity index (χ4n) is 5.27. The lowest BCUT2D eigenvalue weighted by molar-refractivity contribution is -0.138. The first-order valence-electron chi connectivity index (χ1n) is 12.8. The van der Waals surface area contributed by atoms with Gasteiger partial charge in [-0.3, -0.25) is 24.3 Å². The van der Waals surface area contributed by atoms with Crippen LogP contribution in [0.4, 0.5) is 10.5 Å². The molecule has 0 spiro atoms. The molecule has 1 saturated carbocycles. The minimum Gasteiger partial charge on any atom is -0.481 e. The van der Waals surface area contributed by atoms with E-state index in [1.165, 1.54) is 16.0 Å². The molecule has 0 radical (unpaired) electrons. The lowest BCUT2D eigenvalue weighted by Crippen LogP contribution is -2.57. The summed E-state index contributed by atoms with van der Waals surface area (Å²) in [5.74, 6) is -2.00. The summed E-state index contributed by atoms with van der Waals surface area (Å²) in [6, 6.07) is 7.77. The molecule has 1 aromatic carbocycles. The summed E-state index contributed by atoms with van der Waals surface area (Å²) in [4.78, 5) is 59.0. The van der Waals surface area contributed by atoms with Gasteiger partial charge in [0.15, 0.2) is 6.17 Å². The molecule has 4 amide bonds. The van der Waals surface area contributed by atoms with Crippen LogP contribution in [0.1, 0.15) is 54.4 Å². The number of nitrogens with one attached hydrogen (secondary N) is 2. The van der Waals surface area contributed by atoms with Crippen molar-refractivity contribution in [1.29, 1.82) is 0 Å². The lowest BCUT2D eigenvalue weighted by atomic mass is 9.82. The highest BCUT2D eigenvalue weighted by molar-refractivity contribution is 9.10. The van der Waals surface area contributed by atoms with Gasteiger partial charge in [0, 0.05) is 41.7 Å². The summed E-state index contributed by atoms with van der Waals surface area (Å²) >= 11 is 3.32. The Kier molecular flexibility index (Phi) is 8.98. The number of aryl methyl sites for hydroxylation is 1. The molecule has 2 atom stereocenters. The van der Waals surface area contributed by atoms with Gasteiger partial charge < -0.3 is 20.6 Å². The minimum absolute atomic E-state index is 0.0261. The van der Waals surface area contributed by atoms with Crippen LogP contribution in [0.15, 0.2) is 47.2 Å². The first-order chi connectivity index (χ1) is 18.2. The second kappa shape index (κ2) is 12.4. The number of hydrogen-bond donors (Lipinski definition) is 3. The molecule has 10 nitrogen and oxygen atoms in total. The van der Waals surface area contributed by atoms with E-state index in [4.69, 9.17) is 0 Å². The predicted molar refractivity (Wildman–Crippen MR) is 144 cm³/mol. The molecular formula is C27H32BrN5O5. The highest BCUT2D eigenvalue weighted by Crippen LogP contribution is 2.29. The molecule has 0 bridgehead atoms. The van der Waals surface area contributed by atoms with Crippen molar-refractivity contribution in [2.45, 2.75) is 57.7 Å². The predicted octanol–water partition coefficient (Wildman–Crippen LogP) is 4.01. The van der Waals surface area contributed by atoms with Gasteiger partial charge in [-0.2, -0.15) is 0 Å². The number of halogens is 1. The molecule has 2 aromatic rings. The Balaban J connectivity index is 1.61. The van der Waals surface area contributed by atoms with Crippen molar-refractivity contribution < 1.29 is 24.3 Å². The zero-order chi connectivity index (χ0) is 27.2. The van der Waals surface area contributed by atoms with Gasteiger partial charge in [0.2, 0.25) is 0 Å². The second-order valence-electron chi connectivity index (χ2n) is 9.87. The maximum Gasteiger partial charge on any atom is 0.323 e. The SMILES string of the molecule is Cc1cccc(NC(=O)N2CCN(C(=O)c3cncc(Br)c3)C2C(=O)NC(CC(=O)O)C2CCCCC2)c1. The molecule has 1 aliphatic carbocycles. The number of pyridine rings is 1. The number of benzene rings is 1. The average molecular weight is 586 g/mol. The largest absolute Gasteiger partial charge is 0.481 e. The number of nitrogens with zero attached hydrogens (tertiary/aromatic N) is 3. The molecule has 1 saturated heterocycles. The lowest BCUT2D eigenvalue weighted by Gasteiger charge is -2.34. The van der Waals surface area contributed by atoms with E-state index >= 15 is 0 Å². The van der Waals surface area contributed by atoms with Gasteiger partial charge >= 0.3 is 12.0 Å². The van der Waals surface area contributed by atoms with E-state index in [1.807, 2.05) is 25.1 Å². The van der Waals surface area contributed by atoms with Crippen LogP contribution >= 0.6 is 15.9 Å². The maximum atomic E-state index is 13.8. The number of urea groups is 1. The fraction of sp³-hybridized carbons (Fsp3) is 0.444. The van der Waals surface area contributed by atoms with Crippen molar-refractivity contribution in [3.8, 4) is 0 Å². The Labute approximate surface area is 229 Å². The van der Waals surface area contributed by atoms with E-state index in [-0.39, 0.29) is 31.0 Å². The van der Waals surface area contributed by atoms with Gasteiger partial charge in [-0.1, -0.05) is 31.4 Å². The van der Waals surface area contributed by atoms with Gasteiger partial charge in [0.25, 0.3) is 11.8 Å². The van der Waals surface area contributed by atoms with E-state index in [1.54, 1.807) is 18.3 Å². The van der Waals surface area contributed by atoms with Crippen LogP contribution in [0.5, 0.6) is 0 Å². The third-order valence-corrected chi connectivity index (χ3v) is 7.52. The van der Waals surface area contributed by atoms with Crippen LogP contribution in [0.25, 0.3) is 0 Å². The molecule has 3 N–H and O–H groups in total. The maximum absolute atomic E-state index is 13.8. The first-order valence-corrected chi connectivity index (χ1v) is 13.6. The van der Waals surface area contributed by atoms with Crippen molar-refractivity contribution in [3.05, 3.63) is 58.3 Å². The van der Waals surface area contributed by atoms with E-state index in [0.717, 1.165) is 37.7 Å². The van der Waals surface area contributed by atoms with Gasteiger partial charge in [-0.15, -0.1) is 0 Å². The Bertz CT molecular complexity index is 1200. The van der Waals surface area contributed by atoms with Crippen molar-refractivity contribution in [1.82, 2.24) is 20.1 Å². The normalized spacial score (nSPS) is 18.6. The van der Waals surface area contributed by atoms with E-state index < -0.39 is 36.0 Å². The van der Waals surface area contributed by atoms with Crippen LogP contribution in [-0.2, 0) is 9.59 Å². The Morgan fingerprint density at radius 1 is 1.08 bits per heavy atom. The van der Waals surface area contributed by atoms with Crippen LogP contribution < -0.4 is 10.6 Å². The monoisotopic (exact) mass is 585 g/mol. The van der Waals surface area contributed by atoms with Crippen molar-refractivity contribution in [2.75, 3.05) is 18.4 Å². The Morgan fingerprint density at radius 3 is 2.50 bits per heavy atom. The summed E-state index contributed by atoms with van der Waals surface area (Å²) in [5.41, 5.74) is 1.80. The van der Waals surface area contributed by atoms with Gasteiger partial charge in [-0.05, 0) is 65.4 Å². The van der Waals surface area contributed by atoms with Crippen molar-refractivity contribution in [2.24, 2.45) is 5.92 Å². The van der Waals surface area contributed by atoms with Crippen LogP contribution in [0.2, 0.25) is 0 Å². The Hall–Kier alpha value is -3.47. The third-order valence-electron chi connectivity index (χ3n) is 7.09. The smallest absolute Gasteiger partial charge is 0.323 e. The van der Waals surface area contributed by atoms with E-state index in [0.29, 0.717) is 10.2 Å². The number of carboxylic acids is 1. The van der Waals surface area contributed by atoms with E-state index in [2.05, 4.69) is 31.5 Å². The highest BCUT2D eigenvalue weighted by Gasteiger charge is 2.44. The molecule has 2 heterocycles. The number of amides is 4. The topological polar surface area (TPSA) is 132 Å². The second-order valence-corrected chi connectivity index (χ2v) is 10.8. The summed E-state index contributed by atoms with van der Waals surface area (Å²) in [5, 5.41) is 15.3. The van der Waals surface area contributed by atoms with Gasteiger partial charge in [-0.25, -0.2) is 4.79 Å². The molecule has 1 aromatic heterocycles. The van der Waals surface area contributed by atoms with E-state index in [9.17, 15) is 24.3 Å². The molecule has 2 fully saturated rings. The number of hydrogen-bond acceptors (Lipinski definition) is 5. The number of carbonyl (C=O) groups is 4. The summed E-state index contributed by atoms with van der Waals surface area (Å²) in [6.07, 6.45) is 6.19. The molecular weight excluding hydrogens is 554 g/mol. The standard InChI is InChI=1S/C27H32BrN5O5/c1-17-6-5-9-21(12-17)30-27(38)33-11-10-32(26(37)19-13-20(28)16-29-15-19)25(33)24(36)31-22(14-23(34)35)18-7-3-2-4-8-18/h5-6,9,12-13,15-16,18,22,25H,2-4,7-8,10-11,14H2,1H3,(H,30,38)(H,31,36)(H,34,35). The molecule has 11 heteroatoms. The minimum atomic E-state index is -1.24. The third kappa shape index (κ3) is 6.69. The average Bonchev–Trinajstić information content (AvgIpc) is 3.34. The molecule has 38 heavy (non-hydrogen) atoms.